The van der Waals surface area contributed by atoms with E-state index in [1.807, 2.05) is 30.3 Å². The maximum atomic E-state index is 12.7. The number of anilines is 1. The van der Waals surface area contributed by atoms with E-state index in [1.54, 1.807) is 24.3 Å². The van der Waals surface area contributed by atoms with Crippen LogP contribution in [0.1, 0.15) is 11.1 Å². The Balaban J connectivity index is 1.59. The average Bonchev–Trinajstić information content (AvgIpc) is 2.72. The molecule has 0 aliphatic heterocycles. The Morgan fingerprint density at radius 1 is 0.828 bits per heavy atom. The van der Waals surface area contributed by atoms with Crippen molar-refractivity contribution in [1.82, 2.24) is 0 Å². The van der Waals surface area contributed by atoms with E-state index in [2.05, 4.69) is 15.5 Å². The quantitative estimate of drug-likeness (QED) is 0.376. The second-order valence-corrected chi connectivity index (χ2v) is 6.03. The van der Waals surface area contributed by atoms with Crippen molar-refractivity contribution in [2.45, 2.75) is 6.18 Å². The van der Waals surface area contributed by atoms with E-state index in [0.717, 1.165) is 17.8 Å². The Kier molecular flexibility index (Phi) is 6.19. The maximum absolute atomic E-state index is 12.7. The van der Waals surface area contributed by atoms with E-state index in [4.69, 9.17) is 0 Å². The van der Waals surface area contributed by atoms with Gasteiger partial charge in [0.25, 0.3) is 0 Å². The summed E-state index contributed by atoms with van der Waals surface area (Å²) in [4.78, 5) is 12.0. The van der Waals surface area contributed by atoms with Crippen LogP contribution in [0.2, 0.25) is 0 Å². The molecule has 0 unspecified atom stereocenters. The van der Waals surface area contributed by atoms with E-state index in [0.29, 0.717) is 11.4 Å². The minimum atomic E-state index is -4.42. The number of nitrogens with one attached hydrogen (secondary N) is 1. The summed E-state index contributed by atoms with van der Waals surface area (Å²) >= 11 is 0. The van der Waals surface area contributed by atoms with Crippen LogP contribution < -0.4 is 5.32 Å². The lowest BCUT2D eigenvalue weighted by molar-refractivity contribution is -0.137. The highest BCUT2D eigenvalue weighted by atomic mass is 19.4. The Hall–Kier alpha value is -3.74. The summed E-state index contributed by atoms with van der Waals surface area (Å²) in [6.45, 7) is 0. The van der Waals surface area contributed by atoms with Gasteiger partial charge < -0.3 is 5.32 Å². The van der Waals surface area contributed by atoms with Crippen LogP contribution in [0.15, 0.2) is 95.2 Å². The molecule has 0 spiro atoms. The predicted molar refractivity (Wildman–Crippen MR) is 106 cm³/mol. The second kappa shape index (κ2) is 8.97. The highest BCUT2D eigenvalue weighted by Gasteiger charge is 2.30. The number of carbonyl (C=O) groups excluding carboxylic acids is 1. The highest BCUT2D eigenvalue weighted by Crippen LogP contribution is 2.29. The fourth-order valence-electron chi connectivity index (χ4n) is 2.40. The molecule has 0 fully saturated rings. The van der Waals surface area contributed by atoms with Gasteiger partial charge in [-0.1, -0.05) is 30.3 Å². The van der Waals surface area contributed by atoms with Gasteiger partial charge in [-0.2, -0.15) is 23.4 Å². The van der Waals surface area contributed by atoms with Crippen LogP contribution in [0.3, 0.4) is 0 Å². The number of rotatable bonds is 5. The number of carbonyl (C=O) groups is 1. The fourth-order valence-corrected chi connectivity index (χ4v) is 2.40. The molecular formula is C22H16F3N3O. The molecule has 0 radical (unpaired) electrons. The van der Waals surface area contributed by atoms with Gasteiger partial charge in [0, 0.05) is 11.8 Å². The summed E-state index contributed by atoms with van der Waals surface area (Å²) in [7, 11) is 0. The van der Waals surface area contributed by atoms with Crippen molar-refractivity contribution in [1.29, 1.82) is 0 Å². The second-order valence-electron chi connectivity index (χ2n) is 6.03. The molecule has 0 aliphatic carbocycles. The molecule has 0 saturated heterocycles. The fraction of sp³-hybridized carbons (Fsp3) is 0.0455. The van der Waals surface area contributed by atoms with Crippen LogP contribution in [0.5, 0.6) is 0 Å². The van der Waals surface area contributed by atoms with E-state index in [-0.39, 0.29) is 5.56 Å². The number of benzene rings is 3. The smallest absolute Gasteiger partial charge is 0.323 e. The average molecular weight is 395 g/mol. The van der Waals surface area contributed by atoms with Crippen molar-refractivity contribution in [3.8, 4) is 0 Å². The van der Waals surface area contributed by atoms with Gasteiger partial charge >= 0.3 is 6.18 Å². The lowest BCUT2D eigenvalue weighted by Crippen LogP contribution is -2.07. The van der Waals surface area contributed by atoms with Crippen molar-refractivity contribution in [3.63, 3.8) is 0 Å². The van der Waals surface area contributed by atoms with Crippen LogP contribution in [0.4, 0.5) is 30.2 Å². The topological polar surface area (TPSA) is 53.8 Å². The number of azo groups is 1. The zero-order chi connectivity index (χ0) is 20.7. The largest absolute Gasteiger partial charge is 0.416 e. The first kappa shape index (κ1) is 20.0. The molecule has 1 amide bonds. The lowest BCUT2D eigenvalue weighted by atomic mass is 10.1. The molecule has 4 nitrogen and oxygen atoms in total. The van der Waals surface area contributed by atoms with Gasteiger partial charge in [0.1, 0.15) is 0 Å². The molecule has 0 atom stereocenters. The number of amides is 1. The normalized spacial score (nSPS) is 11.8. The standard InChI is InChI=1S/C22H16F3N3O/c23-22(24,25)17-6-4-5-16(15-17)9-14-21(29)26-18-10-12-20(13-11-18)28-27-19-7-2-1-3-8-19/h1-15H,(H,26,29)/b14-9+,28-27?. The molecule has 0 bridgehead atoms. The zero-order valence-corrected chi connectivity index (χ0v) is 15.1. The van der Waals surface area contributed by atoms with E-state index < -0.39 is 17.6 Å². The monoisotopic (exact) mass is 395 g/mol. The molecule has 1 N–H and O–H groups in total. The molecule has 146 valence electrons. The van der Waals surface area contributed by atoms with E-state index in [1.165, 1.54) is 24.3 Å². The Morgan fingerprint density at radius 2 is 1.48 bits per heavy atom. The lowest BCUT2D eigenvalue weighted by Gasteiger charge is -2.06. The van der Waals surface area contributed by atoms with Gasteiger partial charge in [-0.25, -0.2) is 0 Å². The van der Waals surface area contributed by atoms with Gasteiger partial charge in [-0.3, -0.25) is 4.79 Å². The first-order valence-corrected chi connectivity index (χ1v) is 8.63. The summed E-state index contributed by atoms with van der Waals surface area (Å²) in [6, 6.07) is 20.7. The third-order valence-electron chi connectivity index (χ3n) is 3.81. The number of halogens is 3. The molecule has 29 heavy (non-hydrogen) atoms. The van der Waals surface area contributed by atoms with Crippen molar-refractivity contribution in [2.75, 3.05) is 5.32 Å². The molecule has 3 rings (SSSR count). The first-order chi connectivity index (χ1) is 13.9. The SMILES string of the molecule is O=C(/C=C/c1cccc(C(F)(F)F)c1)Nc1ccc(N=Nc2ccccc2)cc1. The van der Waals surface area contributed by atoms with Crippen LogP contribution in [-0.4, -0.2) is 5.91 Å². The van der Waals surface area contributed by atoms with Gasteiger partial charge in [0.2, 0.25) is 5.91 Å². The van der Waals surface area contributed by atoms with Gasteiger partial charge in [0.05, 0.1) is 16.9 Å². The minimum absolute atomic E-state index is 0.284. The van der Waals surface area contributed by atoms with Crippen molar-refractivity contribution >= 4 is 29.0 Å². The summed E-state index contributed by atoms with van der Waals surface area (Å²) in [6.07, 6.45) is -1.92. The number of hydrogen-bond donors (Lipinski definition) is 1. The predicted octanol–water partition coefficient (Wildman–Crippen LogP) is 6.77. The Morgan fingerprint density at radius 3 is 2.14 bits per heavy atom. The summed E-state index contributed by atoms with van der Waals surface area (Å²) in [5.74, 6) is -0.457. The van der Waals surface area contributed by atoms with Gasteiger partial charge in [-0.15, -0.1) is 0 Å². The summed E-state index contributed by atoms with van der Waals surface area (Å²) < 4.78 is 38.2. The first-order valence-electron chi connectivity index (χ1n) is 8.63. The zero-order valence-electron chi connectivity index (χ0n) is 15.1. The molecule has 7 heteroatoms. The number of alkyl halides is 3. The number of nitrogens with zero attached hydrogens (tertiary/aromatic N) is 2. The van der Waals surface area contributed by atoms with Crippen LogP contribution in [0, 0.1) is 0 Å². The Labute approximate surface area is 165 Å². The molecule has 3 aromatic rings. The minimum Gasteiger partial charge on any atom is -0.323 e. The van der Waals surface area contributed by atoms with Crippen molar-refractivity contribution in [2.24, 2.45) is 10.2 Å². The molecule has 0 aliphatic rings. The highest BCUT2D eigenvalue weighted by molar-refractivity contribution is 6.02. The van der Waals surface area contributed by atoms with Crippen LogP contribution >= 0.6 is 0 Å². The summed E-state index contributed by atoms with van der Waals surface area (Å²) in [5, 5.41) is 10.8. The van der Waals surface area contributed by atoms with Gasteiger partial charge in [0.15, 0.2) is 0 Å². The van der Waals surface area contributed by atoms with Gasteiger partial charge in [-0.05, 0) is 60.2 Å². The molecular weight excluding hydrogens is 379 g/mol. The molecule has 0 saturated carbocycles. The Bertz CT molecular complexity index is 1030. The number of hydrogen-bond acceptors (Lipinski definition) is 3. The third kappa shape index (κ3) is 6.14. The molecule has 0 heterocycles. The van der Waals surface area contributed by atoms with Crippen molar-refractivity contribution < 1.29 is 18.0 Å². The third-order valence-corrected chi connectivity index (χ3v) is 3.81. The molecule has 3 aromatic carbocycles. The molecule has 0 aromatic heterocycles. The summed E-state index contributed by atoms with van der Waals surface area (Å²) in [5.41, 5.74) is 1.39. The van der Waals surface area contributed by atoms with Crippen molar-refractivity contribution in [3.05, 3.63) is 96.1 Å². The van der Waals surface area contributed by atoms with E-state index >= 15 is 0 Å². The van der Waals surface area contributed by atoms with E-state index in [9.17, 15) is 18.0 Å². The van der Waals surface area contributed by atoms with Crippen LogP contribution in [0.25, 0.3) is 6.08 Å². The maximum Gasteiger partial charge on any atom is 0.416 e. The van der Waals surface area contributed by atoms with Crippen LogP contribution in [-0.2, 0) is 11.0 Å².